The minimum atomic E-state index is -4.38. The summed E-state index contributed by atoms with van der Waals surface area (Å²) >= 11 is 1.12. The summed E-state index contributed by atoms with van der Waals surface area (Å²) in [6.07, 6.45) is -0.128. The zero-order valence-corrected chi connectivity index (χ0v) is 23.9. The molecule has 0 bridgehead atoms. The van der Waals surface area contributed by atoms with Crippen molar-refractivity contribution in [2.75, 3.05) is 50.6 Å². The first kappa shape index (κ1) is 29.5. The first-order valence-electron chi connectivity index (χ1n) is 13.9. The van der Waals surface area contributed by atoms with Gasteiger partial charge in [-0.25, -0.2) is 0 Å². The fourth-order valence-electron chi connectivity index (χ4n) is 5.78. The summed E-state index contributed by atoms with van der Waals surface area (Å²) in [5.41, 5.74) is 2.42. The third-order valence-corrected chi connectivity index (χ3v) is 8.32. The molecule has 41 heavy (non-hydrogen) atoms. The van der Waals surface area contributed by atoms with E-state index in [4.69, 9.17) is 14.6 Å². The molecule has 0 atom stereocenters. The molecule has 3 aromatic rings. The lowest BCUT2D eigenvalue weighted by molar-refractivity contribution is -0.140. The van der Waals surface area contributed by atoms with E-state index < -0.39 is 12.7 Å². The van der Waals surface area contributed by atoms with Gasteiger partial charge in [0.15, 0.2) is 0 Å². The van der Waals surface area contributed by atoms with Gasteiger partial charge in [0, 0.05) is 41.1 Å². The van der Waals surface area contributed by atoms with Crippen LogP contribution in [0.4, 0.5) is 24.5 Å². The van der Waals surface area contributed by atoms with Gasteiger partial charge < -0.3 is 24.7 Å². The largest absolute Gasteiger partial charge is 0.495 e. The second kappa shape index (κ2) is 13.3. The molecule has 2 aromatic carbocycles. The Labute approximate surface area is 243 Å². The number of morpholine rings is 1. The molecule has 220 valence electrons. The number of benzene rings is 2. The molecule has 0 unspecified atom stereocenters. The van der Waals surface area contributed by atoms with Crippen LogP contribution in [0.5, 0.6) is 5.75 Å². The van der Waals surface area contributed by atoms with Crippen molar-refractivity contribution in [3.8, 4) is 17.6 Å². The molecule has 1 saturated carbocycles. The Bertz CT molecular complexity index is 1390. The van der Waals surface area contributed by atoms with Crippen molar-refractivity contribution >= 4 is 34.2 Å². The van der Waals surface area contributed by atoms with Crippen molar-refractivity contribution in [1.82, 2.24) is 9.47 Å². The number of nitrogens with one attached hydrogen (secondary N) is 2. The molecule has 5 rings (SSSR count). The molecule has 2 heterocycles. The smallest absolute Gasteiger partial charge is 0.406 e. The Hall–Kier alpha value is -3.04. The Kier molecular flexibility index (Phi) is 9.55. The summed E-state index contributed by atoms with van der Waals surface area (Å²) in [5.74, 6) is 6.57. The van der Waals surface area contributed by atoms with Crippen molar-refractivity contribution in [3.63, 3.8) is 0 Å². The average molecular weight is 588 g/mol. The SMILES string of the molecule is COc1cc(SN)ccc1NCC#Cc1cc2c(NC3CCC(N4CCOCC4)CC3)cccc2n1CC(F)(F)F. The van der Waals surface area contributed by atoms with E-state index in [1.165, 1.54) is 4.57 Å². The van der Waals surface area contributed by atoms with Gasteiger partial charge in [-0.1, -0.05) is 12.0 Å². The second-order valence-corrected chi connectivity index (χ2v) is 11.1. The van der Waals surface area contributed by atoms with Crippen LogP contribution < -0.4 is 20.5 Å². The molecule has 1 aromatic heterocycles. The van der Waals surface area contributed by atoms with Crippen LogP contribution in [-0.2, 0) is 11.3 Å². The van der Waals surface area contributed by atoms with Gasteiger partial charge in [-0.15, -0.1) is 0 Å². The van der Waals surface area contributed by atoms with Gasteiger partial charge in [0.2, 0.25) is 0 Å². The Balaban J connectivity index is 1.32. The average Bonchev–Trinajstić information content (AvgIpc) is 3.32. The number of ether oxygens (including phenoxy) is 2. The van der Waals surface area contributed by atoms with Gasteiger partial charge in [0.25, 0.3) is 0 Å². The quantitative estimate of drug-likeness (QED) is 0.231. The lowest BCUT2D eigenvalue weighted by Gasteiger charge is -2.39. The number of anilines is 2. The number of halogens is 3. The number of hydrogen-bond donors (Lipinski definition) is 3. The second-order valence-electron chi connectivity index (χ2n) is 10.4. The molecule has 0 radical (unpaired) electrons. The monoisotopic (exact) mass is 587 g/mol. The third-order valence-electron chi connectivity index (χ3n) is 7.79. The zero-order chi connectivity index (χ0) is 28.8. The Morgan fingerprint density at radius 2 is 1.85 bits per heavy atom. The standard InChI is InChI=1S/C30H36F3N5O2S/c1-39-29-19-24(41-34)11-12-27(29)35-13-3-4-23-18-25-26(5-2-6-28(25)38(23)20-30(31,32)33)36-21-7-9-22(10-8-21)37-14-16-40-17-15-37/h2,5-6,11-12,18-19,21-22,35-36H,7-10,13-17,20,34H2,1H3. The molecule has 1 saturated heterocycles. The van der Waals surface area contributed by atoms with E-state index in [0.717, 1.165) is 85.6 Å². The summed E-state index contributed by atoms with van der Waals surface area (Å²) in [6.45, 7) is 2.70. The minimum Gasteiger partial charge on any atom is -0.495 e. The van der Waals surface area contributed by atoms with Gasteiger partial charge >= 0.3 is 6.18 Å². The van der Waals surface area contributed by atoms with Gasteiger partial charge in [0.05, 0.1) is 43.8 Å². The number of fused-ring (bicyclic) bond motifs is 1. The van der Waals surface area contributed by atoms with Crippen LogP contribution in [0.2, 0.25) is 0 Å². The first-order valence-corrected chi connectivity index (χ1v) is 14.8. The lowest BCUT2D eigenvalue weighted by atomic mass is 9.89. The van der Waals surface area contributed by atoms with Gasteiger partial charge in [-0.05, 0) is 79.9 Å². The summed E-state index contributed by atoms with van der Waals surface area (Å²) < 4.78 is 53.0. The number of nitrogens with zero attached hydrogens (tertiary/aromatic N) is 2. The number of aromatic nitrogens is 1. The maximum atomic E-state index is 13.6. The molecule has 1 aliphatic heterocycles. The summed E-state index contributed by atoms with van der Waals surface area (Å²) in [5, 5.41) is 13.2. The summed E-state index contributed by atoms with van der Waals surface area (Å²) in [6, 6.07) is 13.6. The third kappa shape index (κ3) is 7.43. The molecule has 2 aliphatic rings. The van der Waals surface area contributed by atoms with Crippen LogP contribution in [0.1, 0.15) is 31.4 Å². The van der Waals surface area contributed by atoms with E-state index in [0.29, 0.717) is 23.0 Å². The molecule has 0 amide bonds. The van der Waals surface area contributed by atoms with Crippen molar-refractivity contribution < 1.29 is 22.6 Å². The molecule has 1 aliphatic carbocycles. The maximum Gasteiger partial charge on any atom is 0.406 e. The number of rotatable bonds is 8. The maximum absolute atomic E-state index is 13.6. The lowest BCUT2D eigenvalue weighted by Crippen LogP contribution is -2.46. The zero-order valence-electron chi connectivity index (χ0n) is 23.1. The molecule has 4 N–H and O–H groups in total. The van der Waals surface area contributed by atoms with E-state index in [-0.39, 0.29) is 12.6 Å². The highest BCUT2D eigenvalue weighted by Crippen LogP contribution is 2.33. The van der Waals surface area contributed by atoms with E-state index >= 15 is 0 Å². The highest BCUT2D eigenvalue weighted by molar-refractivity contribution is 7.97. The number of methoxy groups -OCH3 is 1. The van der Waals surface area contributed by atoms with E-state index in [9.17, 15) is 13.2 Å². The Morgan fingerprint density at radius 3 is 2.56 bits per heavy atom. The molecule has 2 fully saturated rings. The number of alkyl halides is 3. The van der Waals surface area contributed by atoms with Crippen LogP contribution in [0.15, 0.2) is 47.4 Å². The fourth-order valence-corrected chi connectivity index (χ4v) is 6.10. The molecule has 7 nitrogen and oxygen atoms in total. The number of nitrogens with two attached hydrogens (primary N) is 1. The summed E-state index contributed by atoms with van der Waals surface area (Å²) in [4.78, 5) is 3.38. The highest BCUT2D eigenvalue weighted by atomic mass is 32.2. The minimum absolute atomic E-state index is 0.233. The van der Waals surface area contributed by atoms with Crippen LogP contribution in [0.25, 0.3) is 10.9 Å². The van der Waals surface area contributed by atoms with E-state index in [1.807, 2.05) is 30.3 Å². The predicted molar refractivity (Wildman–Crippen MR) is 158 cm³/mol. The van der Waals surface area contributed by atoms with Gasteiger partial charge in [-0.2, -0.15) is 13.2 Å². The van der Waals surface area contributed by atoms with E-state index in [1.54, 1.807) is 19.2 Å². The van der Waals surface area contributed by atoms with Crippen LogP contribution >= 0.6 is 11.9 Å². The summed E-state index contributed by atoms with van der Waals surface area (Å²) in [7, 11) is 1.56. The van der Waals surface area contributed by atoms with Crippen molar-refractivity contribution in [1.29, 1.82) is 0 Å². The van der Waals surface area contributed by atoms with E-state index in [2.05, 4.69) is 27.4 Å². The normalized spacial score (nSPS) is 19.9. The molecular formula is C30H36F3N5O2S. The van der Waals surface area contributed by atoms with Crippen LogP contribution in [-0.4, -0.2) is 67.7 Å². The Morgan fingerprint density at radius 1 is 1.07 bits per heavy atom. The van der Waals surface area contributed by atoms with Gasteiger partial charge in [0.1, 0.15) is 12.3 Å². The van der Waals surface area contributed by atoms with Crippen molar-refractivity contribution in [3.05, 3.63) is 48.2 Å². The van der Waals surface area contributed by atoms with Crippen LogP contribution in [0.3, 0.4) is 0 Å². The fraction of sp³-hybridized carbons (Fsp3) is 0.467. The van der Waals surface area contributed by atoms with Gasteiger partial charge in [-0.3, -0.25) is 10.0 Å². The first-order chi connectivity index (χ1) is 19.8. The number of hydrogen-bond acceptors (Lipinski definition) is 7. The van der Waals surface area contributed by atoms with Crippen molar-refractivity contribution in [2.45, 2.75) is 55.4 Å². The van der Waals surface area contributed by atoms with Crippen molar-refractivity contribution in [2.24, 2.45) is 5.14 Å². The molecule has 11 heteroatoms. The topological polar surface area (TPSA) is 76.7 Å². The molecular weight excluding hydrogens is 551 g/mol. The predicted octanol–water partition coefficient (Wildman–Crippen LogP) is 5.70. The van der Waals surface area contributed by atoms with Crippen LogP contribution in [0, 0.1) is 11.8 Å². The highest BCUT2D eigenvalue weighted by Gasteiger charge is 2.30. The molecule has 0 spiro atoms.